The topological polar surface area (TPSA) is 46.6 Å². The van der Waals surface area contributed by atoms with Crippen LogP contribution in [0.2, 0.25) is 0 Å². The quantitative estimate of drug-likeness (QED) is 0.456. The average molecular weight is 357 g/mol. The number of esters is 1. The Morgan fingerprint density at radius 3 is 2.12 bits per heavy atom. The van der Waals surface area contributed by atoms with Gasteiger partial charge in [-0.1, -0.05) is 56.3 Å². The molecule has 0 aromatic heterocycles. The molecule has 0 fully saturated rings. The highest BCUT2D eigenvalue weighted by Gasteiger charge is 2.31. The van der Waals surface area contributed by atoms with Crippen LogP contribution in [-0.2, 0) is 14.3 Å². The lowest BCUT2D eigenvalue weighted by molar-refractivity contribution is -0.159. The van der Waals surface area contributed by atoms with E-state index in [2.05, 4.69) is 13.2 Å². The van der Waals surface area contributed by atoms with Crippen molar-refractivity contribution < 1.29 is 14.3 Å². The van der Waals surface area contributed by atoms with Gasteiger partial charge in [-0.05, 0) is 25.3 Å². The third-order valence-electron chi connectivity index (χ3n) is 4.63. The normalized spacial score (nSPS) is 15.2. The van der Waals surface area contributed by atoms with Crippen molar-refractivity contribution >= 4 is 11.9 Å². The Morgan fingerprint density at radius 2 is 1.58 bits per heavy atom. The molecule has 1 aromatic rings. The number of likely N-dealkylation sites (N-methyl/N-ethyl adjacent to an activating group) is 1. The number of carbonyl (C=O) groups excluding carboxylic acids is 2. The molecule has 0 aliphatic heterocycles. The van der Waals surface area contributed by atoms with E-state index in [0.29, 0.717) is 12.8 Å². The number of carbonyl (C=O) groups is 2. The molecule has 142 valence electrons. The summed E-state index contributed by atoms with van der Waals surface area (Å²) in [6.07, 6.45) is 4.09. The molecule has 1 unspecified atom stereocenters. The standard InChI is InChI=1S/C22H31NO3/c1-7-12-16(3)21(24)23(6)18(5)20(19-14-10-9-11-15-19)26-22(25)17(4)13-8-2/h7-11,14-18,20H,1-2,12-13H2,3-6H3/t16-,17-,18+,20?/m0/s1. The Bertz CT molecular complexity index is 611. The molecule has 0 heterocycles. The fourth-order valence-electron chi connectivity index (χ4n) is 2.78. The van der Waals surface area contributed by atoms with Gasteiger partial charge in [-0.15, -0.1) is 13.2 Å². The maximum absolute atomic E-state index is 12.7. The van der Waals surface area contributed by atoms with Gasteiger partial charge in [-0.3, -0.25) is 9.59 Å². The zero-order valence-corrected chi connectivity index (χ0v) is 16.4. The molecular formula is C22H31NO3. The van der Waals surface area contributed by atoms with Crippen LogP contribution in [0.1, 0.15) is 45.3 Å². The van der Waals surface area contributed by atoms with Crippen LogP contribution in [0.3, 0.4) is 0 Å². The van der Waals surface area contributed by atoms with Crippen molar-refractivity contribution in [1.29, 1.82) is 0 Å². The monoisotopic (exact) mass is 357 g/mol. The van der Waals surface area contributed by atoms with Crippen molar-refractivity contribution in [2.45, 2.75) is 45.8 Å². The van der Waals surface area contributed by atoms with Crippen molar-refractivity contribution in [2.24, 2.45) is 11.8 Å². The fraction of sp³-hybridized carbons (Fsp3) is 0.455. The molecule has 1 aromatic carbocycles. The van der Waals surface area contributed by atoms with Crippen LogP contribution in [0.5, 0.6) is 0 Å². The molecule has 0 spiro atoms. The maximum atomic E-state index is 12.7. The van der Waals surface area contributed by atoms with Gasteiger partial charge < -0.3 is 9.64 Å². The first kappa shape index (κ1) is 21.7. The van der Waals surface area contributed by atoms with E-state index < -0.39 is 6.10 Å². The number of nitrogens with zero attached hydrogens (tertiary/aromatic N) is 1. The number of ether oxygens (including phenoxy) is 1. The number of amides is 1. The molecule has 4 heteroatoms. The largest absolute Gasteiger partial charge is 0.455 e. The number of hydrogen-bond acceptors (Lipinski definition) is 3. The van der Waals surface area contributed by atoms with E-state index in [1.54, 1.807) is 24.1 Å². The summed E-state index contributed by atoms with van der Waals surface area (Å²) in [5.41, 5.74) is 0.871. The van der Waals surface area contributed by atoms with Crippen molar-refractivity contribution in [2.75, 3.05) is 7.05 Å². The summed E-state index contributed by atoms with van der Waals surface area (Å²) in [6.45, 7) is 13.0. The number of rotatable bonds is 10. The molecule has 0 saturated heterocycles. The van der Waals surface area contributed by atoms with Gasteiger partial charge in [0.15, 0.2) is 0 Å². The lowest BCUT2D eigenvalue weighted by Gasteiger charge is -2.34. The molecule has 1 amide bonds. The summed E-state index contributed by atoms with van der Waals surface area (Å²) >= 11 is 0. The van der Waals surface area contributed by atoms with Crippen molar-refractivity contribution in [3.05, 3.63) is 61.2 Å². The Hall–Kier alpha value is -2.36. The van der Waals surface area contributed by atoms with Crippen LogP contribution in [0.15, 0.2) is 55.6 Å². The number of hydrogen-bond donors (Lipinski definition) is 0. The van der Waals surface area contributed by atoms with E-state index in [4.69, 9.17) is 4.74 Å². The van der Waals surface area contributed by atoms with Gasteiger partial charge in [-0.25, -0.2) is 0 Å². The second kappa shape index (κ2) is 10.6. The lowest BCUT2D eigenvalue weighted by atomic mass is 9.99. The van der Waals surface area contributed by atoms with Gasteiger partial charge in [0.1, 0.15) is 6.10 Å². The molecule has 26 heavy (non-hydrogen) atoms. The SMILES string of the molecule is C=CC[C@H](C)C(=O)OC(c1ccccc1)[C@@H](C)N(C)C(=O)[C@@H](C)CC=C. The highest BCUT2D eigenvalue weighted by molar-refractivity contribution is 5.79. The van der Waals surface area contributed by atoms with Crippen molar-refractivity contribution in [3.8, 4) is 0 Å². The Labute approximate surface area is 157 Å². The molecular weight excluding hydrogens is 326 g/mol. The van der Waals surface area contributed by atoms with Crippen LogP contribution >= 0.6 is 0 Å². The number of benzene rings is 1. The summed E-state index contributed by atoms with van der Waals surface area (Å²) in [5.74, 6) is -0.711. The van der Waals surface area contributed by atoms with E-state index in [1.807, 2.05) is 51.1 Å². The first-order valence-electron chi connectivity index (χ1n) is 9.07. The van der Waals surface area contributed by atoms with Crippen LogP contribution in [0.25, 0.3) is 0 Å². The summed E-state index contributed by atoms with van der Waals surface area (Å²) in [4.78, 5) is 26.8. The number of allylic oxidation sites excluding steroid dienone is 2. The minimum atomic E-state index is -0.527. The van der Waals surface area contributed by atoms with Crippen LogP contribution in [0.4, 0.5) is 0 Å². The average Bonchev–Trinajstić information content (AvgIpc) is 2.65. The molecule has 4 atom stereocenters. The van der Waals surface area contributed by atoms with Gasteiger partial charge >= 0.3 is 5.97 Å². The Balaban J connectivity index is 3.04. The Kier molecular flexibility index (Phi) is 8.83. The van der Waals surface area contributed by atoms with Gasteiger partial charge in [0.25, 0.3) is 0 Å². The molecule has 0 N–H and O–H groups in total. The summed E-state index contributed by atoms with van der Waals surface area (Å²) in [5, 5.41) is 0. The van der Waals surface area contributed by atoms with Crippen molar-refractivity contribution in [1.82, 2.24) is 4.90 Å². The molecule has 0 bridgehead atoms. The molecule has 4 nitrogen and oxygen atoms in total. The molecule has 0 radical (unpaired) electrons. The van der Waals surface area contributed by atoms with E-state index in [9.17, 15) is 9.59 Å². The maximum Gasteiger partial charge on any atom is 0.309 e. The van der Waals surface area contributed by atoms with Gasteiger partial charge in [-0.2, -0.15) is 0 Å². The first-order chi connectivity index (χ1) is 12.3. The predicted octanol–water partition coefficient (Wildman–Crippen LogP) is 4.54. The van der Waals surface area contributed by atoms with Crippen LogP contribution < -0.4 is 0 Å². The van der Waals surface area contributed by atoms with Crippen LogP contribution in [0, 0.1) is 11.8 Å². The van der Waals surface area contributed by atoms with E-state index in [0.717, 1.165) is 5.56 Å². The lowest BCUT2D eigenvalue weighted by Crippen LogP contribution is -2.43. The predicted molar refractivity (Wildman–Crippen MR) is 105 cm³/mol. The summed E-state index contributed by atoms with van der Waals surface area (Å²) in [7, 11) is 1.75. The third kappa shape index (κ3) is 5.87. The second-order valence-corrected chi connectivity index (χ2v) is 6.81. The smallest absolute Gasteiger partial charge is 0.309 e. The van der Waals surface area contributed by atoms with Crippen LogP contribution in [-0.4, -0.2) is 29.9 Å². The fourth-order valence-corrected chi connectivity index (χ4v) is 2.78. The van der Waals surface area contributed by atoms with Gasteiger partial charge in [0.05, 0.1) is 12.0 Å². The Morgan fingerprint density at radius 1 is 1.04 bits per heavy atom. The van der Waals surface area contributed by atoms with E-state index >= 15 is 0 Å². The molecule has 0 saturated carbocycles. The molecule has 0 aliphatic rings. The van der Waals surface area contributed by atoms with Gasteiger partial charge in [0.2, 0.25) is 5.91 Å². The third-order valence-corrected chi connectivity index (χ3v) is 4.63. The minimum absolute atomic E-state index is 0.00789. The highest BCUT2D eigenvalue weighted by atomic mass is 16.5. The highest BCUT2D eigenvalue weighted by Crippen LogP contribution is 2.27. The molecule has 0 aliphatic carbocycles. The first-order valence-corrected chi connectivity index (χ1v) is 9.07. The summed E-state index contributed by atoms with van der Waals surface area (Å²) < 4.78 is 5.82. The van der Waals surface area contributed by atoms with Crippen molar-refractivity contribution in [3.63, 3.8) is 0 Å². The zero-order chi connectivity index (χ0) is 19.7. The summed E-state index contributed by atoms with van der Waals surface area (Å²) in [6, 6.07) is 9.25. The second-order valence-electron chi connectivity index (χ2n) is 6.81. The minimum Gasteiger partial charge on any atom is -0.455 e. The van der Waals surface area contributed by atoms with Gasteiger partial charge in [0, 0.05) is 13.0 Å². The zero-order valence-electron chi connectivity index (χ0n) is 16.4. The van der Waals surface area contributed by atoms with E-state index in [1.165, 1.54) is 0 Å². The molecule has 1 rings (SSSR count). The van der Waals surface area contributed by atoms with E-state index in [-0.39, 0.29) is 29.8 Å².